The molecule has 0 aromatic rings. The minimum absolute atomic E-state index is 0. The number of hydrogen-bond donors (Lipinski definition) is 0. The third kappa shape index (κ3) is 8.82. The maximum atomic E-state index is 9.53. The Morgan fingerprint density at radius 3 is 2.00 bits per heavy atom. The molecule has 0 N–H and O–H groups in total. The second-order valence-corrected chi connectivity index (χ2v) is 0.771. The first kappa shape index (κ1) is 9.67. The van der Waals surface area contributed by atoms with Gasteiger partial charge in [-0.1, -0.05) is 6.92 Å². The summed E-state index contributed by atoms with van der Waals surface area (Å²) in [5.41, 5.74) is 0. The van der Waals surface area contributed by atoms with Crippen molar-refractivity contribution in [3.8, 4) is 6.07 Å². The summed E-state index contributed by atoms with van der Waals surface area (Å²) >= 11 is 0. The molecule has 0 spiro atoms. The Morgan fingerprint density at radius 1 is 1.83 bits per heavy atom. The Hall–Kier alpha value is 0.450. The molecule has 1 unspecified atom stereocenters. The van der Waals surface area contributed by atoms with Crippen molar-refractivity contribution in [1.82, 2.24) is 0 Å². The van der Waals surface area contributed by atoms with E-state index in [0.29, 0.717) is 0 Å². The minimum atomic E-state index is -1.06. The zero-order valence-corrected chi connectivity index (χ0v) is 5.93. The second kappa shape index (κ2) is 5.45. The molecule has 28 valence electrons. The molecule has 0 bridgehead atoms. The van der Waals surface area contributed by atoms with Gasteiger partial charge in [-0.25, -0.2) is 0 Å². The molecule has 0 saturated carbocycles. The molecule has 0 aliphatic heterocycles. The fourth-order valence-electron chi connectivity index (χ4n) is 0. The second-order valence-electron chi connectivity index (χ2n) is 0.771. The monoisotopic (exact) mass is 93.0 g/mol. The molecule has 0 aromatic carbocycles. The first-order valence-corrected chi connectivity index (χ1v) is 1.33. The van der Waals surface area contributed by atoms with E-state index in [1.165, 1.54) is 13.0 Å². The Bertz CT molecular complexity index is 56.3. The van der Waals surface area contributed by atoms with Gasteiger partial charge in [0.1, 0.15) is 0 Å². The van der Waals surface area contributed by atoms with E-state index in [4.69, 9.17) is 5.26 Å². The van der Waals surface area contributed by atoms with Crippen molar-refractivity contribution in [3.05, 3.63) is 0 Å². The Labute approximate surface area is 59.1 Å². The van der Waals surface area contributed by atoms with Crippen molar-refractivity contribution in [1.29, 1.82) is 5.26 Å². The molecule has 0 aliphatic rings. The van der Waals surface area contributed by atoms with E-state index in [2.05, 4.69) is 0 Å². The molecule has 0 heterocycles. The molecule has 0 aromatic heterocycles. The topological polar surface area (TPSA) is 46.8 Å². The van der Waals surface area contributed by atoms with Crippen LogP contribution in [0, 0.1) is 11.3 Å². The van der Waals surface area contributed by atoms with Crippen LogP contribution >= 0.6 is 0 Å². The largest absolute Gasteiger partial charge is 1.00 e. The predicted octanol–water partition coefficient (Wildman–Crippen LogP) is -3.74. The fourth-order valence-corrected chi connectivity index (χ4v) is 0. The molecule has 2 nitrogen and oxygen atoms in total. The molecule has 6 heavy (non-hydrogen) atoms. The number of hydrogen-bond acceptors (Lipinski definition) is 2. The van der Waals surface area contributed by atoms with Crippen LogP contribution in [0.2, 0.25) is 0 Å². The van der Waals surface area contributed by atoms with Gasteiger partial charge in [0.05, 0.1) is 0 Å². The van der Waals surface area contributed by atoms with Gasteiger partial charge in [0.2, 0.25) is 0 Å². The zero-order valence-electron chi connectivity index (χ0n) is 3.93. The first-order chi connectivity index (χ1) is 2.27. The van der Waals surface area contributed by atoms with Gasteiger partial charge in [-0.15, -0.1) is 0 Å². The average molecular weight is 93.1 g/mol. The van der Waals surface area contributed by atoms with Gasteiger partial charge >= 0.3 is 29.6 Å². The van der Waals surface area contributed by atoms with Crippen LogP contribution in [0.15, 0.2) is 0 Å². The molecular weight excluding hydrogens is 89.0 g/mol. The van der Waals surface area contributed by atoms with Crippen molar-refractivity contribution in [2.24, 2.45) is 0 Å². The molecule has 0 amide bonds. The van der Waals surface area contributed by atoms with E-state index in [-0.39, 0.29) is 29.6 Å². The Kier molecular flexibility index (Phi) is 8.79. The van der Waals surface area contributed by atoms with Crippen LogP contribution in [-0.4, -0.2) is 6.10 Å². The number of nitriles is 1. The van der Waals surface area contributed by atoms with Crippen LogP contribution in [0.25, 0.3) is 0 Å². The van der Waals surface area contributed by atoms with Gasteiger partial charge in [0.25, 0.3) is 0 Å². The van der Waals surface area contributed by atoms with Crippen molar-refractivity contribution in [2.75, 3.05) is 0 Å². The van der Waals surface area contributed by atoms with Gasteiger partial charge in [-0.2, -0.15) is 5.26 Å². The average Bonchev–Trinajstić information content (AvgIpc) is 1.38. The van der Waals surface area contributed by atoms with Crippen LogP contribution in [0.3, 0.4) is 0 Å². The van der Waals surface area contributed by atoms with Gasteiger partial charge in [-0.3, -0.25) is 0 Å². The van der Waals surface area contributed by atoms with Crippen molar-refractivity contribution >= 4 is 0 Å². The van der Waals surface area contributed by atoms with Crippen molar-refractivity contribution in [2.45, 2.75) is 13.0 Å². The third-order valence-corrected chi connectivity index (χ3v) is 0.182. The summed E-state index contributed by atoms with van der Waals surface area (Å²) in [7, 11) is 0. The zero-order chi connectivity index (χ0) is 4.28. The van der Waals surface area contributed by atoms with Crippen LogP contribution in [0.4, 0.5) is 0 Å². The quantitative estimate of drug-likeness (QED) is 0.289. The van der Waals surface area contributed by atoms with Crippen molar-refractivity contribution < 1.29 is 34.7 Å². The molecule has 0 rings (SSSR count). The molecule has 0 fully saturated rings. The van der Waals surface area contributed by atoms with E-state index >= 15 is 0 Å². The van der Waals surface area contributed by atoms with E-state index < -0.39 is 6.10 Å². The van der Waals surface area contributed by atoms with Crippen LogP contribution in [0.1, 0.15) is 6.92 Å². The van der Waals surface area contributed by atoms with Crippen LogP contribution in [0.5, 0.6) is 0 Å². The fraction of sp³-hybridized carbons (Fsp3) is 0.667. The standard InChI is InChI=1S/C3H4NO.Na/c1-3(5)2-4;/h3H,1H3;/q-1;+1. The first-order valence-electron chi connectivity index (χ1n) is 1.33. The summed E-state index contributed by atoms with van der Waals surface area (Å²) in [4.78, 5) is 0. The van der Waals surface area contributed by atoms with E-state index in [1.807, 2.05) is 0 Å². The summed E-state index contributed by atoms with van der Waals surface area (Å²) < 4.78 is 0. The number of nitrogens with zero attached hydrogens (tertiary/aromatic N) is 1. The minimum Gasteiger partial charge on any atom is -0.841 e. The van der Waals surface area contributed by atoms with Crippen molar-refractivity contribution in [3.63, 3.8) is 0 Å². The molecule has 0 aliphatic carbocycles. The molecular formula is C3H4NNaO. The van der Waals surface area contributed by atoms with Gasteiger partial charge in [-0.05, 0) is 6.10 Å². The van der Waals surface area contributed by atoms with Gasteiger partial charge in [0.15, 0.2) is 0 Å². The normalized spacial score (nSPS) is 10.8. The smallest absolute Gasteiger partial charge is 0.841 e. The number of rotatable bonds is 0. The maximum absolute atomic E-state index is 9.53. The van der Waals surface area contributed by atoms with E-state index in [9.17, 15) is 5.11 Å². The predicted molar refractivity (Wildman–Crippen MR) is 15.1 cm³/mol. The Balaban J connectivity index is 0. The van der Waals surface area contributed by atoms with Gasteiger partial charge < -0.3 is 5.11 Å². The molecule has 3 heteroatoms. The molecule has 0 radical (unpaired) electrons. The summed E-state index contributed by atoms with van der Waals surface area (Å²) in [6.45, 7) is 1.31. The molecule has 1 atom stereocenters. The van der Waals surface area contributed by atoms with Gasteiger partial charge in [0, 0.05) is 6.07 Å². The maximum Gasteiger partial charge on any atom is 1.00 e. The summed E-state index contributed by atoms with van der Waals surface area (Å²) in [6.07, 6.45) is -1.06. The third-order valence-electron chi connectivity index (χ3n) is 0.182. The molecule has 0 saturated heterocycles. The summed E-state index contributed by atoms with van der Waals surface area (Å²) in [6, 6.07) is 1.47. The SMILES string of the molecule is CC([O-])C#N.[Na+]. The summed E-state index contributed by atoms with van der Waals surface area (Å²) in [5.74, 6) is 0. The Morgan fingerprint density at radius 2 is 2.00 bits per heavy atom. The van der Waals surface area contributed by atoms with Crippen LogP contribution < -0.4 is 34.7 Å². The van der Waals surface area contributed by atoms with Crippen LogP contribution in [-0.2, 0) is 0 Å². The van der Waals surface area contributed by atoms with E-state index in [1.54, 1.807) is 0 Å². The summed E-state index contributed by atoms with van der Waals surface area (Å²) in [5, 5.41) is 17.1. The van der Waals surface area contributed by atoms with E-state index in [0.717, 1.165) is 0 Å².